The monoisotopic (exact) mass is 259 g/mol. The lowest BCUT2D eigenvalue weighted by atomic mass is 10.1. The maximum Gasteiger partial charge on any atom is 0.244 e. The van der Waals surface area contributed by atoms with Gasteiger partial charge in [0.15, 0.2) is 0 Å². The van der Waals surface area contributed by atoms with E-state index in [0.29, 0.717) is 12.5 Å². The predicted molar refractivity (Wildman–Crippen MR) is 69.5 cm³/mol. The minimum absolute atomic E-state index is 0.120. The van der Waals surface area contributed by atoms with E-state index in [0.717, 1.165) is 31.0 Å². The first-order valence-corrected chi connectivity index (χ1v) is 6.49. The average molecular weight is 259 g/mol. The Morgan fingerprint density at radius 2 is 2.47 bits per heavy atom. The lowest BCUT2D eigenvalue weighted by Crippen LogP contribution is -2.31. The molecule has 3 heterocycles. The van der Waals surface area contributed by atoms with Crippen molar-refractivity contribution in [2.45, 2.75) is 25.8 Å². The largest absolute Gasteiger partial charge is 0.346 e. The number of imidazole rings is 1. The first-order valence-electron chi connectivity index (χ1n) is 6.49. The zero-order chi connectivity index (χ0) is 13.2. The summed E-state index contributed by atoms with van der Waals surface area (Å²) in [5, 5.41) is 4.06. The molecule has 6 nitrogen and oxygen atoms in total. The number of nitrogens with one attached hydrogen (secondary N) is 1. The van der Waals surface area contributed by atoms with Crippen LogP contribution in [-0.4, -0.2) is 43.6 Å². The van der Waals surface area contributed by atoms with Gasteiger partial charge in [-0.15, -0.1) is 0 Å². The molecule has 1 saturated heterocycles. The van der Waals surface area contributed by atoms with Crippen LogP contribution >= 0.6 is 0 Å². The van der Waals surface area contributed by atoms with Gasteiger partial charge in [-0.1, -0.05) is 0 Å². The van der Waals surface area contributed by atoms with Crippen molar-refractivity contribution in [1.29, 1.82) is 0 Å². The summed E-state index contributed by atoms with van der Waals surface area (Å²) >= 11 is 0. The van der Waals surface area contributed by atoms with Gasteiger partial charge in [0.2, 0.25) is 5.91 Å². The number of hydrogen-bond acceptors (Lipinski definition) is 3. The summed E-state index contributed by atoms with van der Waals surface area (Å²) in [7, 11) is 0. The molecule has 0 aromatic carbocycles. The topological polar surface area (TPSA) is 66.8 Å². The van der Waals surface area contributed by atoms with Crippen molar-refractivity contribution in [3.63, 3.8) is 0 Å². The van der Waals surface area contributed by atoms with Gasteiger partial charge in [-0.25, -0.2) is 4.98 Å². The molecule has 1 N–H and O–H groups in total. The average Bonchev–Trinajstić information content (AvgIpc) is 3.07. The molecule has 2 aromatic rings. The fraction of sp³-hybridized carbons (Fsp3) is 0.462. The molecular formula is C13H17N5O. The van der Waals surface area contributed by atoms with E-state index >= 15 is 0 Å². The van der Waals surface area contributed by atoms with Gasteiger partial charge in [0.25, 0.3) is 0 Å². The highest BCUT2D eigenvalue weighted by atomic mass is 16.2. The Morgan fingerprint density at radius 3 is 3.16 bits per heavy atom. The number of aryl methyl sites for hydroxylation is 1. The highest BCUT2D eigenvalue weighted by Gasteiger charge is 2.28. The third-order valence-electron chi connectivity index (χ3n) is 3.51. The lowest BCUT2D eigenvalue weighted by molar-refractivity contribution is -0.131. The molecule has 1 unspecified atom stereocenters. The number of aromatic amines is 1. The van der Waals surface area contributed by atoms with E-state index in [9.17, 15) is 4.79 Å². The van der Waals surface area contributed by atoms with Gasteiger partial charge in [-0.05, 0) is 19.4 Å². The molecule has 3 rings (SSSR count). The van der Waals surface area contributed by atoms with E-state index in [1.165, 1.54) is 0 Å². The zero-order valence-electron chi connectivity index (χ0n) is 10.9. The van der Waals surface area contributed by atoms with Gasteiger partial charge in [0.05, 0.1) is 0 Å². The van der Waals surface area contributed by atoms with Crippen molar-refractivity contribution >= 4 is 5.91 Å². The molecule has 1 atom stereocenters. The van der Waals surface area contributed by atoms with Crippen LogP contribution in [0, 0.1) is 6.92 Å². The van der Waals surface area contributed by atoms with Crippen LogP contribution in [0.2, 0.25) is 0 Å². The highest BCUT2D eigenvalue weighted by Crippen LogP contribution is 2.25. The number of carbonyl (C=O) groups is 1. The maximum atomic E-state index is 12.1. The van der Waals surface area contributed by atoms with Crippen molar-refractivity contribution in [1.82, 2.24) is 24.6 Å². The van der Waals surface area contributed by atoms with E-state index < -0.39 is 0 Å². The smallest absolute Gasteiger partial charge is 0.244 e. The van der Waals surface area contributed by atoms with Crippen LogP contribution in [-0.2, 0) is 11.3 Å². The van der Waals surface area contributed by atoms with Crippen LogP contribution in [0.5, 0.6) is 0 Å². The summed E-state index contributed by atoms with van der Waals surface area (Å²) < 4.78 is 1.66. The van der Waals surface area contributed by atoms with Gasteiger partial charge < -0.3 is 9.88 Å². The summed E-state index contributed by atoms with van der Waals surface area (Å²) in [6.07, 6.45) is 6.30. The molecule has 100 valence electrons. The molecule has 0 bridgehead atoms. The van der Waals surface area contributed by atoms with Gasteiger partial charge >= 0.3 is 0 Å². The molecule has 6 heteroatoms. The van der Waals surface area contributed by atoms with Gasteiger partial charge in [0, 0.05) is 43.3 Å². The zero-order valence-corrected chi connectivity index (χ0v) is 10.9. The summed E-state index contributed by atoms with van der Waals surface area (Å²) in [5.74, 6) is 1.44. The van der Waals surface area contributed by atoms with Crippen LogP contribution in [0.15, 0.2) is 24.7 Å². The van der Waals surface area contributed by atoms with Crippen molar-refractivity contribution < 1.29 is 4.79 Å². The molecule has 1 amide bonds. The number of rotatable bonds is 3. The Bertz CT molecular complexity index is 559. The SMILES string of the molecule is Cc1cnc(C2CCN(C(=O)Cn3cccn3)C2)[nH]1. The fourth-order valence-electron chi connectivity index (χ4n) is 2.48. The number of aromatic nitrogens is 4. The molecule has 0 spiro atoms. The van der Waals surface area contributed by atoms with Gasteiger partial charge in [-0.2, -0.15) is 5.10 Å². The Hall–Kier alpha value is -2.11. The van der Waals surface area contributed by atoms with Crippen LogP contribution in [0.4, 0.5) is 0 Å². The number of nitrogens with zero attached hydrogens (tertiary/aromatic N) is 4. The van der Waals surface area contributed by atoms with Gasteiger partial charge in [0.1, 0.15) is 12.4 Å². The molecule has 2 aromatic heterocycles. The minimum Gasteiger partial charge on any atom is -0.346 e. The molecule has 0 radical (unpaired) electrons. The highest BCUT2D eigenvalue weighted by molar-refractivity contribution is 5.76. The Kier molecular flexibility index (Phi) is 3.06. The summed E-state index contributed by atoms with van der Waals surface area (Å²) in [5.41, 5.74) is 1.07. The lowest BCUT2D eigenvalue weighted by Gasteiger charge is -2.16. The Morgan fingerprint density at radius 1 is 1.58 bits per heavy atom. The first-order chi connectivity index (χ1) is 9.22. The second-order valence-corrected chi connectivity index (χ2v) is 4.98. The molecule has 1 aliphatic heterocycles. The van der Waals surface area contributed by atoms with Crippen LogP contribution < -0.4 is 0 Å². The number of carbonyl (C=O) groups excluding carboxylic acids is 1. The van der Waals surface area contributed by atoms with E-state index in [4.69, 9.17) is 0 Å². The second-order valence-electron chi connectivity index (χ2n) is 4.98. The third-order valence-corrected chi connectivity index (χ3v) is 3.51. The van der Waals surface area contributed by atoms with E-state index in [1.54, 1.807) is 17.1 Å². The minimum atomic E-state index is 0.120. The fourth-order valence-corrected chi connectivity index (χ4v) is 2.48. The van der Waals surface area contributed by atoms with Crippen molar-refractivity contribution in [2.24, 2.45) is 0 Å². The molecule has 0 aliphatic carbocycles. The molecule has 0 saturated carbocycles. The normalized spacial score (nSPS) is 19.0. The van der Waals surface area contributed by atoms with Crippen LogP contribution in [0.1, 0.15) is 23.9 Å². The summed E-state index contributed by atoms with van der Waals surface area (Å²) in [6.45, 7) is 3.85. The van der Waals surface area contributed by atoms with E-state index in [1.807, 2.05) is 24.1 Å². The molecule has 1 fully saturated rings. The number of likely N-dealkylation sites (tertiary alicyclic amines) is 1. The van der Waals surface area contributed by atoms with E-state index in [-0.39, 0.29) is 5.91 Å². The van der Waals surface area contributed by atoms with Gasteiger partial charge in [-0.3, -0.25) is 9.48 Å². The van der Waals surface area contributed by atoms with Crippen molar-refractivity contribution in [3.05, 3.63) is 36.2 Å². The standard InChI is InChI=1S/C13H17N5O/c1-10-7-14-13(16-10)11-3-6-17(8-11)12(19)9-18-5-2-4-15-18/h2,4-5,7,11H,3,6,8-9H2,1H3,(H,14,16). The second kappa shape index (κ2) is 4.87. The Labute approximate surface area is 111 Å². The molecule has 1 aliphatic rings. The van der Waals surface area contributed by atoms with Crippen molar-refractivity contribution in [3.8, 4) is 0 Å². The molecular weight excluding hydrogens is 242 g/mol. The quantitative estimate of drug-likeness (QED) is 0.891. The summed E-state index contributed by atoms with van der Waals surface area (Å²) in [6, 6.07) is 1.83. The van der Waals surface area contributed by atoms with Crippen molar-refractivity contribution in [2.75, 3.05) is 13.1 Å². The first kappa shape index (κ1) is 12.0. The van der Waals surface area contributed by atoms with Crippen LogP contribution in [0.3, 0.4) is 0 Å². The number of amides is 1. The Balaban J connectivity index is 1.61. The van der Waals surface area contributed by atoms with Crippen LogP contribution in [0.25, 0.3) is 0 Å². The number of H-pyrrole nitrogens is 1. The number of hydrogen-bond donors (Lipinski definition) is 1. The third kappa shape index (κ3) is 2.52. The predicted octanol–water partition coefficient (Wildman–Crippen LogP) is 0.931. The maximum absolute atomic E-state index is 12.1. The van der Waals surface area contributed by atoms with E-state index in [2.05, 4.69) is 15.1 Å². The summed E-state index contributed by atoms with van der Waals surface area (Å²) in [4.78, 5) is 21.6. The molecule has 19 heavy (non-hydrogen) atoms.